The average Bonchev–Trinajstić information content (AvgIpc) is 3.69. The predicted molar refractivity (Wildman–Crippen MR) is 227 cm³/mol. The Morgan fingerprint density at radius 3 is 1.53 bits per heavy atom. The monoisotopic (exact) mass is 676 g/mol. The van der Waals surface area contributed by atoms with E-state index >= 15 is 0 Å². The van der Waals surface area contributed by atoms with E-state index in [1.54, 1.807) is 0 Å². The molecule has 0 atom stereocenters. The van der Waals surface area contributed by atoms with Crippen molar-refractivity contribution >= 4 is 33.3 Å². The molecule has 0 unspecified atom stereocenters. The molecule has 0 aromatic heterocycles. The fourth-order valence-corrected chi connectivity index (χ4v) is 8.58. The van der Waals surface area contributed by atoms with Gasteiger partial charge in [-0.15, -0.1) is 0 Å². The van der Waals surface area contributed by atoms with Crippen molar-refractivity contribution in [2.45, 2.75) is 13.3 Å². The Morgan fingerprint density at radius 2 is 1.08 bits per heavy atom. The number of hydrogen-bond donors (Lipinski definition) is 1. The molecule has 0 saturated carbocycles. The van der Waals surface area contributed by atoms with Crippen molar-refractivity contribution in [2.75, 3.05) is 0 Å². The summed E-state index contributed by atoms with van der Waals surface area (Å²) in [4.78, 5) is 4.18. The molecular formula is C51H36N2. The van der Waals surface area contributed by atoms with Crippen LogP contribution in [0.1, 0.15) is 18.9 Å². The van der Waals surface area contributed by atoms with Gasteiger partial charge >= 0.3 is 0 Å². The third kappa shape index (κ3) is 4.83. The largest absolute Gasteiger partial charge is 0.398 e. The Bertz CT molecular complexity index is 2680. The van der Waals surface area contributed by atoms with Gasteiger partial charge in [0.25, 0.3) is 0 Å². The van der Waals surface area contributed by atoms with Crippen LogP contribution >= 0.6 is 0 Å². The van der Waals surface area contributed by atoms with Gasteiger partial charge in [0.05, 0.1) is 0 Å². The lowest BCUT2D eigenvalue weighted by Crippen LogP contribution is -2.06. The Kier molecular flexibility index (Phi) is 7.13. The van der Waals surface area contributed by atoms with Gasteiger partial charge < -0.3 is 5.73 Å². The topological polar surface area (TPSA) is 38.4 Å². The molecule has 1 aliphatic heterocycles. The Balaban J connectivity index is 1.23. The third-order valence-electron chi connectivity index (χ3n) is 11.2. The molecule has 2 aliphatic carbocycles. The molecule has 2 N–H and O–H groups in total. The quantitative estimate of drug-likeness (QED) is 0.160. The first-order valence-electron chi connectivity index (χ1n) is 18.3. The van der Waals surface area contributed by atoms with Crippen LogP contribution in [0.5, 0.6) is 0 Å². The van der Waals surface area contributed by atoms with E-state index in [2.05, 4.69) is 164 Å². The lowest BCUT2D eigenvalue weighted by molar-refractivity contribution is 1.27. The van der Waals surface area contributed by atoms with Gasteiger partial charge in [-0.25, -0.2) is 0 Å². The minimum atomic E-state index is 0.699. The molecule has 53 heavy (non-hydrogen) atoms. The van der Waals surface area contributed by atoms with E-state index in [0.717, 1.165) is 28.7 Å². The number of nitrogens with two attached hydrogens (primary N) is 1. The predicted octanol–water partition coefficient (Wildman–Crippen LogP) is 13.3. The van der Waals surface area contributed by atoms with Crippen molar-refractivity contribution in [3.05, 3.63) is 187 Å². The van der Waals surface area contributed by atoms with Gasteiger partial charge in [0.2, 0.25) is 0 Å². The molecular weight excluding hydrogens is 641 g/mol. The van der Waals surface area contributed by atoms with Crippen molar-refractivity contribution in [3.8, 4) is 66.8 Å². The van der Waals surface area contributed by atoms with E-state index in [1.165, 1.54) is 88.3 Å². The van der Waals surface area contributed by atoms with Crippen LogP contribution in [0.3, 0.4) is 0 Å². The Labute approximate surface area is 310 Å². The summed E-state index contributed by atoms with van der Waals surface area (Å²) in [6, 6.07) is 47.4. The van der Waals surface area contributed by atoms with E-state index < -0.39 is 0 Å². The summed E-state index contributed by atoms with van der Waals surface area (Å²) in [7, 11) is 0. The Hall–Kier alpha value is -6.77. The SMILES string of the molecule is C=C/C(=C\C)C/C=C(\C=C(/N)C1=CN=C1)c1cc(-c2ccc3c4c(cccc24)-c2ccccc2-3)cc(-c2ccc3c4c(cccc24)-c2ccccc2-3)c1. The summed E-state index contributed by atoms with van der Waals surface area (Å²) in [5.74, 6) is 0. The highest BCUT2D eigenvalue weighted by molar-refractivity contribution is 6.20. The van der Waals surface area contributed by atoms with Gasteiger partial charge in [0.1, 0.15) is 0 Å². The van der Waals surface area contributed by atoms with Crippen LogP contribution in [0.4, 0.5) is 0 Å². The van der Waals surface area contributed by atoms with Crippen molar-refractivity contribution < 1.29 is 0 Å². The maximum Gasteiger partial charge on any atom is 0.0425 e. The first-order chi connectivity index (χ1) is 26.1. The highest BCUT2D eigenvalue weighted by Gasteiger charge is 2.25. The maximum atomic E-state index is 6.73. The van der Waals surface area contributed by atoms with Gasteiger partial charge in [0.15, 0.2) is 0 Å². The fraction of sp³-hybridized carbons (Fsp3) is 0.0392. The summed E-state index contributed by atoms with van der Waals surface area (Å²) in [6.45, 7) is 6.12. The van der Waals surface area contributed by atoms with E-state index in [-0.39, 0.29) is 0 Å². The minimum absolute atomic E-state index is 0.699. The molecule has 2 nitrogen and oxygen atoms in total. The van der Waals surface area contributed by atoms with E-state index in [0.29, 0.717) is 5.70 Å². The summed E-state index contributed by atoms with van der Waals surface area (Å²) < 4.78 is 0. The molecule has 10 rings (SSSR count). The second-order valence-electron chi connectivity index (χ2n) is 14.1. The average molecular weight is 677 g/mol. The maximum absolute atomic E-state index is 6.73. The first-order valence-corrected chi connectivity index (χ1v) is 18.3. The molecule has 250 valence electrons. The molecule has 0 spiro atoms. The van der Waals surface area contributed by atoms with Crippen molar-refractivity contribution in [3.63, 3.8) is 0 Å². The van der Waals surface area contributed by atoms with Crippen molar-refractivity contribution in [1.82, 2.24) is 0 Å². The van der Waals surface area contributed by atoms with E-state index in [1.807, 2.05) is 18.5 Å². The molecule has 0 amide bonds. The lowest BCUT2D eigenvalue weighted by atomic mass is 9.87. The van der Waals surface area contributed by atoms with Crippen molar-refractivity contribution in [2.24, 2.45) is 10.7 Å². The van der Waals surface area contributed by atoms with Crippen LogP contribution in [0, 0.1) is 0 Å². The first kappa shape index (κ1) is 31.0. The van der Waals surface area contributed by atoms with Gasteiger partial charge in [-0.2, -0.15) is 0 Å². The molecule has 3 aliphatic rings. The number of benzene rings is 7. The Morgan fingerprint density at radius 1 is 0.604 bits per heavy atom. The van der Waals surface area contributed by atoms with E-state index in [4.69, 9.17) is 5.73 Å². The van der Waals surface area contributed by atoms with Gasteiger partial charge in [-0.3, -0.25) is 4.99 Å². The smallest absolute Gasteiger partial charge is 0.0425 e. The second-order valence-corrected chi connectivity index (χ2v) is 14.1. The number of allylic oxidation sites excluding steroid dienone is 7. The van der Waals surface area contributed by atoms with Crippen molar-refractivity contribution in [1.29, 1.82) is 0 Å². The molecule has 1 heterocycles. The third-order valence-corrected chi connectivity index (χ3v) is 11.2. The summed E-state index contributed by atoms with van der Waals surface area (Å²) >= 11 is 0. The van der Waals surface area contributed by atoms with Crippen LogP contribution in [-0.4, -0.2) is 6.21 Å². The normalized spacial score (nSPS) is 14.0. The summed E-state index contributed by atoms with van der Waals surface area (Å²) in [6.07, 6.45) is 12.8. The van der Waals surface area contributed by atoms with E-state index in [9.17, 15) is 0 Å². The number of rotatable bonds is 8. The van der Waals surface area contributed by atoms with Gasteiger partial charge in [0, 0.05) is 23.7 Å². The highest BCUT2D eigenvalue weighted by atomic mass is 14.8. The zero-order chi connectivity index (χ0) is 35.6. The molecule has 0 saturated heterocycles. The zero-order valence-corrected chi connectivity index (χ0v) is 29.5. The molecule has 0 radical (unpaired) electrons. The molecule has 2 heteroatoms. The molecule has 7 aromatic rings. The standard InChI is InChI=1S/C51H36N2/c1-3-31(4-2)19-20-32(28-49(52)36-29-53-30-36)33-25-34(37-21-23-47-41-13-7-5-11-39(41)45-17-9-15-43(37)50(45)47)27-35(26-33)38-22-24-48-42-14-8-6-12-40(42)46-18-10-16-44(38)51(46)48/h3-18,20-30H,1,19,52H2,2H3/b31-4+,32-20+,49-28-. The second kappa shape index (κ2) is 12.2. The van der Waals surface area contributed by atoms with Gasteiger partial charge in [-0.1, -0.05) is 134 Å². The summed E-state index contributed by atoms with van der Waals surface area (Å²) in [5, 5.41) is 5.16. The van der Waals surface area contributed by atoms with Crippen LogP contribution in [0.15, 0.2) is 186 Å². The summed E-state index contributed by atoms with van der Waals surface area (Å²) in [5.41, 5.74) is 26.9. The van der Waals surface area contributed by atoms with Crippen LogP contribution < -0.4 is 5.73 Å². The molecule has 0 bridgehead atoms. The number of fused-ring (bicyclic) bond motifs is 6. The van der Waals surface area contributed by atoms with Gasteiger partial charge in [-0.05, 0) is 143 Å². The minimum Gasteiger partial charge on any atom is -0.398 e. The van der Waals surface area contributed by atoms with Crippen LogP contribution in [0.25, 0.3) is 93.9 Å². The lowest BCUT2D eigenvalue weighted by Gasteiger charge is -2.17. The highest BCUT2D eigenvalue weighted by Crippen LogP contribution is 2.51. The fourth-order valence-electron chi connectivity index (χ4n) is 8.58. The number of aliphatic imine (C=N–C) groups is 1. The number of hydrogen-bond acceptors (Lipinski definition) is 2. The molecule has 7 aromatic carbocycles. The number of nitrogens with zero attached hydrogens (tertiary/aromatic N) is 1. The molecule has 0 fully saturated rings. The zero-order valence-electron chi connectivity index (χ0n) is 29.5. The van der Waals surface area contributed by atoms with Crippen LogP contribution in [0.2, 0.25) is 0 Å². The van der Waals surface area contributed by atoms with Crippen LogP contribution in [-0.2, 0) is 0 Å².